The van der Waals surface area contributed by atoms with Crippen LogP contribution in [0.1, 0.15) is 0 Å². The number of aromatic nitrogens is 1. The number of hydrogen-bond acceptors (Lipinski definition) is 5. The van der Waals surface area contributed by atoms with Gasteiger partial charge in [-0.15, -0.1) is 11.3 Å². The third-order valence-electron chi connectivity index (χ3n) is 2.36. The van der Waals surface area contributed by atoms with E-state index in [2.05, 4.69) is 15.6 Å². The molecule has 0 aliphatic heterocycles. The molecule has 1 heterocycles. The zero-order chi connectivity index (χ0) is 14.4. The van der Waals surface area contributed by atoms with Gasteiger partial charge in [-0.2, -0.15) is 0 Å². The van der Waals surface area contributed by atoms with Gasteiger partial charge in [-0.3, -0.25) is 10.1 Å². The van der Waals surface area contributed by atoms with Crippen molar-refractivity contribution >= 4 is 35.0 Å². The number of carbonyl (C=O) groups excluding carboxylic acids is 2. The maximum atomic E-state index is 11.4. The Labute approximate surface area is 124 Å². The van der Waals surface area contributed by atoms with Gasteiger partial charge in [-0.1, -0.05) is 42.1 Å². The van der Waals surface area contributed by atoms with Crippen LogP contribution in [0.3, 0.4) is 0 Å². The minimum atomic E-state index is -0.500. The summed E-state index contributed by atoms with van der Waals surface area (Å²) in [5, 5.41) is 6.48. The van der Waals surface area contributed by atoms with Crippen LogP contribution in [0.4, 0.5) is 4.79 Å². The molecule has 2 aromatic rings. The summed E-state index contributed by atoms with van der Waals surface area (Å²) in [4.78, 5) is 26.9. The van der Waals surface area contributed by atoms with E-state index in [1.165, 1.54) is 30.1 Å². The van der Waals surface area contributed by atoms with E-state index in [4.69, 9.17) is 0 Å². The lowest BCUT2D eigenvalue weighted by Crippen LogP contribution is -2.38. The molecule has 0 spiro atoms. The molecular formula is C13H13N3O2S2. The molecule has 3 amide bonds. The third-order valence-corrected chi connectivity index (χ3v) is 4.38. The zero-order valence-electron chi connectivity index (χ0n) is 10.8. The molecule has 2 rings (SSSR count). The second kappa shape index (κ2) is 7.06. The fourth-order valence-electron chi connectivity index (χ4n) is 1.42. The molecule has 7 heteroatoms. The minimum Gasteiger partial charge on any atom is -0.341 e. The quantitative estimate of drug-likeness (QED) is 0.851. The van der Waals surface area contributed by atoms with Crippen LogP contribution < -0.4 is 10.6 Å². The van der Waals surface area contributed by atoms with E-state index in [9.17, 15) is 9.59 Å². The number of nitrogens with zero attached hydrogens (tertiary/aromatic N) is 1. The first-order valence-electron chi connectivity index (χ1n) is 5.84. The second-order valence-corrected chi connectivity index (χ2v) is 5.86. The first kappa shape index (κ1) is 14.5. The molecule has 1 aromatic heterocycles. The summed E-state index contributed by atoms with van der Waals surface area (Å²) in [7, 11) is 1.46. The molecule has 0 unspecified atom stereocenters. The van der Waals surface area contributed by atoms with Gasteiger partial charge in [0.15, 0.2) is 4.34 Å². The monoisotopic (exact) mass is 307 g/mol. The van der Waals surface area contributed by atoms with Gasteiger partial charge in [0, 0.05) is 18.0 Å². The van der Waals surface area contributed by atoms with Crippen molar-refractivity contribution in [3.63, 3.8) is 0 Å². The lowest BCUT2D eigenvalue weighted by atomic mass is 10.2. The Morgan fingerprint density at radius 3 is 2.75 bits per heavy atom. The van der Waals surface area contributed by atoms with Gasteiger partial charge in [0.25, 0.3) is 0 Å². The Kier molecular flexibility index (Phi) is 5.14. The molecule has 0 saturated heterocycles. The van der Waals surface area contributed by atoms with Crippen LogP contribution in [-0.4, -0.2) is 29.7 Å². The summed E-state index contributed by atoms with van der Waals surface area (Å²) in [6, 6.07) is 9.34. The van der Waals surface area contributed by atoms with Gasteiger partial charge in [-0.05, 0) is 0 Å². The van der Waals surface area contributed by atoms with Crippen molar-refractivity contribution in [1.29, 1.82) is 0 Å². The number of thioether (sulfide) groups is 1. The van der Waals surface area contributed by atoms with Crippen LogP contribution in [0.15, 0.2) is 40.1 Å². The number of thiazole rings is 1. The first-order valence-corrected chi connectivity index (χ1v) is 7.71. The standard InChI is InChI=1S/C13H13N3O2S2/c1-14-12(18)16-11(17)8-20-13-15-10(7-19-13)9-5-3-2-4-6-9/h2-7H,8H2,1H3,(H2,14,16,17,18). The normalized spacial score (nSPS) is 10.1. The molecule has 1 aromatic carbocycles. The van der Waals surface area contributed by atoms with E-state index >= 15 is 0 Å². The lowest BCUT2D eigenvalue weighted by Gasteiger charge is -2.01. The summed E-state index contributed by atoms with van der Waals surface area (Å²) in [6.07, 6.45) is 0. The van der Waals surface area contributed by atoms with Gasteiger partial charge in [0.1, 0.15) is 0 Å². The molecule has 5 nitrogen and oxygen atoms in total. The van der Waals surface area contributed by atoms with Crippen molar-refractivity contribution < 1.29 is 9.59 Å². The molecule has 0 aliphatic rings. The second-order valence-electron chi connectivity index (χ2n) is 3.78. The topological polar surface area (TPSA) is 71.1 Å². The maximum absolute atomic E-state index is 11.4. The molecule has 0 atom stereocenters. The molecular weight excluding hydrogens is 294 g/mol. The summed E-state index contributed by atoms with van der Waals surface area (Å²) in [5.41, 5.74) is 1.94. The Morgan fingerprint density at radius 2 is 2.05 bits per heavy atom. The predicted octanol–water partition coefficient (Wildman–Crippen LogP) is 2.36. The third kappa shape index (κ3) is 4.07. The van der Waals surface area contributed by atoms with Gasteiger partial charge < -0.3 is 5.32 Å². The number of carbonyl (C=O) groups is 2. The van der Waals surface area contributed by atoms with Crippen molar-refractivity contribution in [1.82, 2.24) is 15.6 Å². The number of hydrogen-bond donors (Lipinski definition) is 2. The molecule has 0 saturated carbocycles. The minimum absolute atomic E-state index is 0.162. The van der Waals surface area contributed by atoms with Crippen LogP contribution in [0.25, 0.3) is 11.3 Å². The highest BCUT2D eigenvalue weighted by atomic mass is 32.2. The van der Waals surface area contributed by atoms with Gasteiger partial charge in [0.05, 0.1) is 11.4 Å². The van der Waals surface area contributed by atoms with E-state index in [0.29, 0.717) is 0 Å². The average molecular weight is 307 g/mol. The number of nitrogens with one attached hydrogen (secondary N) is 2. The summed E-state index contributed by atoms with van der Waals surface area (Å²) < 4.78 is 0.802. The van der Waals surface area contributed by atoms with E-state index in [-0.39, 0.29) is 11.7 Å². The fraction of sp³-hybridized carbons (Fsp3) is 0.154. The first-order chi connectivity index (χ1) is 9.69. The average Bonchev–Trinajstić information content (AvgIpc) is 2.95. The molecule has 104 valence electrons. The Bertz CT molecular complexity index is 599. The largest absolute Gasteiger partial charge is 0.341 e. The van der Waals surface area contributed by atoms with Crippen LogP contribution in [-0.2, 0) is 4.79 Å². The van der Waals surface area contributed by atoms with Crippen molar-refractivity contribution in [2.75, 3.05) is 12.8 Å². The number of amides is 3. The lowest BCUT2D eigenvalue weighted by molar-refractivity contribution is -0.117. The van der Waals surface area contributed by atoms with E-state index in [1.807, 2.05) is 35.7 Å². The Balaban J connectivity index is 1.91. The molecule has 2 N–H and O–H groups in total. The van der Waals surface area contributed by atoms with Crippen LogP contribution in [0.5, 0.6) is 0 Å². The predicted molar refractivity (Wildman–Crippen MR) is 80.9 cm³/mol. The van der Waals surface area contributed by atoms with Crippen LogP contribution >= 0.6 is 23.1 Å². The Hall–Kier alpha value is -1.86. The van der Waals surface area contributed by atoms with Gasteiger partial charge in [-0.25, -0.2) is 9.78 Å². The highest BCUT2D eigenvalue weighted by Gasteiger charge is 2.09. The molecule has 0 bridgehead atoms. The van der Waals surface area contributed by atoms with Crippen LogP contribution in [0.2, 0.25) is 0 Å². The van der Waals surface area contributed by atoms with Crippen molar-refractivity contribution in [3.8, 4) is 11.3 Å². The molecule has 0 aliphatic carbocycles. The molecule has 0 fully saturated rings. The number of benzene rings is 1. The number of rotatable bonds is 4. The summed E-state index contributed by atoms with van der Waals surface area (Å²) in [5.74, 6) is -0.180. The number of imide groups is 1. The SMILES string of the molecule is CNC(=O)NC(=O)CSc1nc(-c2ccccc2)cs1. The maximum Gasteiger partial charge on any atom is 0.321 e. The molecule has 0 radical (unpaired) electrons. The highest BCUT2D eigenvalue weighted by Crippen LogP contribution is 2.27. The summed E-state index contributed by atoms with van der Waals surface area (Å²) >= 11 is 2.79. The number of urea groups is 1. The van der Waals surface area contributed by atoms with E-state index in [1.54, 1.807) is 0 Å². The fourth-order valence-corrected chi connectivity index (χ4v) is 3.05. The molecule has 20 heavy (non-hydrogen) atoms. The summed E-state index contributed by atoms with van der Waals surface area (Å²) in [6.45, 7) is 0. The Morgan fingerprint density at radius 1 is 1.30 bits per heavy atom. The zero-order valence-corrected chi connectivity index (χ0v) is 12.4. The smallest absolute Gasteiger partial charge is 0.321 e. The van der Waals surface area contributed by atoms with Crippen molar-refractivity contribution in [2.45, 2.75) is 4.34 Å². The van der Waals surface area contributed by atoms with E-state index in [0.717, 1.165) is 15.6 Å². The van der Waals surface area contributed by atoms with Crippen molar-refractivity contribution in [3.05, 3.63) is 35.7 Å². The highest BCUT2D eigenvalue weighted by molar-refractivity contribution is 8.01. The van der Waals surface area contributed by atoms with Gasteiger partial charge >= 0.3 is 6.03 Å². The van der Waals surface area contributed by atoms with Crippen molar-refractivity contribution in [2.24, 2.45) is 0 Å². The van der Waals surface area contributed by atoms with Crippen LogP contribution in [0, 0.1) is 0 Å². The van der Waals surface area contributed by atoms with E-state index < -0.39 is 6.03 Å². The van der Waals surface area contributed by atoms with Gasteiger partial charge in [0.2, 0.25) is 5.91 Å².